The number of rotatable bonds is 6. The van der Waals surface area contributed by atoms with Crippen molar-refractivity contribution in [2.45, 2.75) is 25.7 Å². The molecule has 5 heteroatoms. The van der Waals surface area contributed by atoms with E-state index in [4.69, 9.17) is 4.98 Å². The fourth-order valence-electron chi connectivity index (χ4n) is 4.30. The van der Waals surface area contributed by atoms with Gasteiger partial charge in [0.25, 0.3) is 5.91 Å². The van der Waals surface area contributed by atoms with Crippen LogP contribution in [0.1, 0.15) is 23.4 Å². The first-order chi connectivity index (χ1) is 14.3. The van der Waals surface area contributed by atoms with Crippen LogP contribution < -0.4 is 10.6 Å². The van der Waals surface area contributed by atoms with Gasteiger partial charge in [-0.15, -0.1) is 0 Å². The molecule has 0 spiro atoms. The fourth-order valence-corrected chi connectivity index (χ4v) is 4.30. The van der Waals surface area contributed by atoms with E-state index in [0.717, 1.165) is 54.5 Å². The Hall–Kier alpha value is -3.18. The number of nitrogens with one attached hydrogen (secondary N) is 2. The molecule has 0 fully saturated rings. The van der Waals surface area contributed by atoms with E-state index in [-0.39, 0.29) is 5.91 Å². The summed E-state index contributed by atoms with van der Waals surface area (Å²) >= 11 is 0. The summed E-state index contributed by atoms with van der Waals surface area (Å²) in [6.07, 6.45) is 4.01. The molecule has 1 aliphatic rings. The smallest absolute Gasteiger partial charge is 0.279 e. The molecule has 2 aromatic heterocycles. The maximum Gasteiger partial charge on any atom is 0.279 e. The average molecular weight is 385 g/mol. The number of anilines is 1. The van der Waals surface area contributed by atoms with Crippen molar-refractivity contribution in [1.29, 1.82) is 0 Å². The zero-order chi connectivity index (χ0) is 19.6. The third-order valence-electron chi connectivity index (χ3n) is 5.72. The Kier molecular flexibility index (Phi) is 4.74. The normalized spacial score (nSPS) is 13.1. The number of benzene rings is 2. The lowest BCUT2D eigenvalue weighted by Crippen LogP contribution is -2.86. The number of quaternary nitrogens is 1. The molecule has 0 unspecified atom stereocenters. The standard InChI is InChI=1S/C24H24N4O/c29-23(15-25-13-12-17-14-16-6-1-3-9-20(16)26-17)28-24-18-7-2-4-10-21(18)27-22-11-5-8-19(22)24/h1-4,6-7,9-10,14,25-26H,5,8,11-13,15H2,(H,27,28,29)/p+1. The lowest BCUT2D eigenvalue weighted by atomic mass is 10.1. The summed E-state index contributed by atoms with van der Waals surface area (Å²) in [5, 5.41) is 7.54. The average Bonchev–Trinajstić information content (AvgIpc) is 3.37. The van der Waals surface area contributed by atoms with Crippen LogP contribution in [0.4, 0.5) is 5.69 Å². The summed E-state index contributed by atoms with van der Waals surface area (Å²) in [7, 11) is 0. The Morgan fingerprint density at radius 2 is 1.97 bits per heavy atom. The number of para-hydroxylation sites is 2. The van der Waals surface area contributed by atoms with Gasteiger partial charge in [0.05, 0.1) is 17.7 Å². The van der Waals surface area contributed by atoms with Crippen molar-refractivity contribution in [2.24, 2.45) is 0 Å². The zero-order valence-corrected chi connectivity index (χ0v) is 16.4. The second kappa shape index (κ2) is 7.68. The lowest BCUT2D eigenvalue weighted by Gasteiger charge is -2.13. The molecular formula is C24H25N4O+. The maximum atomic E-state index is 12.6. The number of hydrogen-bond donors (Lipinski definition) is 3. The molecule has 2 aromatic carbocycles. The fraction of sp³-hybridized carbons (Fsp3) is 0.250. The van der Waals surface area contributed by atoms with Crippen molar-refractivity contribution >= 4 is 33.4 Å². The van der Waals surface area contributed by atoms with Crippen LogP contribution in [0.25, 0.3) is 21.8 Å². The number of nitrogens with zero attached hydrogens (tertiary/aromatic N) is 1. The number of pyridine rings is 1. The number of amides is 1. The molecule has 4 N–H and O–H groups in total. The quantitative estimate of drug-likeness (QED) is 0.447. The Balaban J connectivity index is 1.22. The van der Waals surface area contributed by atoms with Crippen LogP contribution in [0.5, 0.6) is 0 Å². The van der Waals surface area contributed by atoms with Gasteiger partial charge in [0.2, 0.25) is 0 Å². The highest BCUT2D eigenvalue weighted by Gasteiger charge is 2.21. The molecule has 5 nitrogen and oxygen atoms in total. The highest BCUT2D eigenvalue weighted by molar-refractivity contribution is 6.03. The number of aromatic amines is 1. The van der Waals surface area contributed by atoms with Crippen LogP contribution in [0, 0.1) is 0 Å². The lowest BCUT2D eigenvalue weighted by molar-refractivity contribution is -0.643. The molecule has 4 aromatic rings. The summed E-state index contributed by atoms with van der Waals surface area (Å²) in [5.41, 5.74) is 6.67. The number of aryl methyl sites for hydroxylation is 1. The van der Waals surface area contributed by atoms with E-state index < -0.39 is 0 Å². The molecule has 29 heavy (non-hydrogen) atoms. The summed E-state index contributed by atoms with van der Waals surface area (Å²) in [5.74, 6) is 0.0482. The first-order valence-electron chi connectivity index (χ1n) is 10.4. The predicted molar refractivity (Wildman–Crippen MR) is 116 cm³/mol. The predicted octanol–water partition coefficient (Wildman–Crippen LogP) is 2.95. The molecule has 0 saturated carbocycles. The molecule has 5 rings (SSSR count). The molecule has 0 bridgehead atoms. The molecule has 0 radical (unpaired) electrons. The number of carbonyl (C=O) groups excluding carboxylic acids is 1. The minimum Gasteiger partial charge on any atom is -0.358 e. The highest BCUT2D eigenvalue weighted by Crippen LogP contribution is 2.33. The number of carbonyl (C=O) groups is 1. The number of fused-ring (bicyclic) bond motifs is 3. The van der Waals surface area contributed by atoms with Gasteiger partial charge in [0.1, 0.15) is 0 Å². The summed E-state index contributed by atoms with van der Waals surface area (Å²) < 4.78 is 0. The van der Waals surface area contributed by atoms with Crippen molar-refractivity contribution in [2.75, 3.05) is 18.4 Å². The van der Waals surface area contributed by atoms with Crippen molar-refractivity contribution in [1.82, 2.24) is 9.97 Å². The van der Waals surface area contributed by atoms with Crippen LogP contribution in [0.15, 0.2) is 54.6 Å². The number of hydrogen-bond acceptors (Lipinski definition) is 2. The van der Waals surface area contributed by atoms with Gasteiger partial charge in [-0.2, -0.15) is 0 Å². The van der Waals surface area contributed by atoms with E-state index in [9.17, 15) is 4.79 Å². The van der Waals surface area contributed by atoms with E-state index in [0.29, 0.717) is 6.54 Å². The van der Waals surface area contributed by atoms with Gasteiger partial charge in [-0.3, -0.25) is 9.78 Å². The van der Waals surface area contributed by atoms with E-state index in [1.165, 1.54) is 22.2 Å². The van der Waals surface area contributed by atoms with Crippen molar-refractivity contribution in [3.05, 3.63) is 71.5 Å². The first kappa shape index (κ1) is 17.9. The van der Waals surface area contributed by atoms with Crippen molar-refractivity contribution in [3.8, 4) is 0 Å². The monoisotopic (exact) mass is 385 g/mol. The summed E-state index contributed by atoms with van der Waals surface area (Å²) in [6.45, 7) is 1.29. The van der Waals surface area contributed by atoms with E-state index in [1.807, 2.05) is 24.3 Å². The molecule has 0 atom stereocenters. The molecule has 1 aliphatic carbocycles. The number of H-pyrrole nitrogens is 1. The SMILES string of the molecule is O=C(C[NH2+]CCc1cc2ccccc2[nH]1)Nc1c2c(nc3ccccc13)CCC2. The van der Waals surface area contributed by atoms with Gasteiger partial charge in [-0.1, -0.05) is 36.4 Å². The Morgan fingerprint density at radius 1 is 1.10 bits per heavy atom. The largest absolute Gasteiger partial charge is 0.358 e. The van der Waals surface area contributed by atoms with Crippen LogP contribution in [0.2, 0.25) is 0 Å². The van der Waals surface area contributed by atoms with Crippen LogP contribution >= 0.6 is 0 Å². The van der Waals surface area contributed by atoms with E-state index in [2.05, 4.69) is 45.9 Å². The Morgan fingerprint density at radius 3 is 2.90 bits per heavy atom. The Labute approximate surface area is 169 Å². The van der Waals surface area contributed by atoms with Gasteiger partial charge >= 0.3 is 0 Å². The van der Waals surface area contributed by atoms with E-state index in [1.54, 1.807) is 0 Å². The molecule has 1 amide bonds. The van der Waals surface area contributed by atoms with E-state index >= 15 is 0 Å². The second-order valence-corrected chi connectivity index (χ2v) is 7.74. The molecule has 0 saturated heterocycles. The van der Waals surface area contributed by atoms with Crippen LogP contribution in [-0.4, -0.2) is 29.0 Å². The molecule has 2 heterocycles. The van der Waals surface area contributed by atoms with Gasteiger partial charge < -0.3 is 15.6 Å². The zero-order valence-electron chi connectivity index (χ0n) is 16.4. The first-order valence-corrected chi connectivity index (χ1v) is 10.4. The maximum absolute atomic E-state index is 12.6. The highest BCUT2D eigenvalue weighted by atomic mass is 16.1. The third kappa shape index (κ3) is 3.61. The minimum absolute atomic E-state index is 0.0482. The molecular weight excluding hydrogens is 360 g/mol. The van der Waals surface area contributed by atoms with Gasteiger partial charge in [0.15, 0.2) is 6.54 Å². The van der Waals surface area contributed by atoms with Crippen LogP contribution in [-0.2, 0) is 24.1 Å². The topological polar surface area (TPSA) is 74.4 Å². The summed E-state index contributed by atoms with van der Waals surface area (Å²) in [6, 6.07) is 18.6. The third-order valence-corrected chi connectivity index (χ3v) is 5.72. The Bertz CT molecular complexity index is 1160. The number of nitrogens with two attached hydrogens (primary N) is 1. The number of aromatic nitrogens is 2. The van der Waals surface area contributed by atoms with Crippen molar-refractivity contribution in [3.63, 3.8) is 0 Å². The van der Waals surface area contributed by atoms with Gasteiger partial charge in [0, 0.05) is 28.7 Å². The summed E-state index contributed by atoms with van der Waals surface area (Å²) in [4.78, 5) is 20.9. The molecule has 146 valence electrons. The van der Waals surface area contributed by atoms with Gasteiger partial charge in [-0.05, 0) is 48.4 Å². The second-order valence-electron chi connectivity index (χ2n) is 7.74. The van der Waals surface area contributed by atoms with Crippen LogP contribution in [0.3, 0.4) is 0 Å². The van der Waals surface area contributed by atoms with Gasteiger partial charge in [-0.25, -0.2) is 0 Å². The minimum atomic E-state index is 0.0482. The molecule has 0 aliphatic heterocycles. The van der Waals surface area contributed by atoms with Crippen molar-refractivity contribution < 1.29 is 10.1 Å².